The molecule has 0 aliphatic rings. The van der Waals surface area contributed by atoms with Gasteiger partial charge >= 0.3 is 0 Å². The minimum atomic E-state index is -0.178. The van der Waals surface area contributed by atoms with Crippen molar-refractivity contribution in [2.45, 2.75) is 27.3 Å². The Balaban J connectivity index is 2.22. The van der Waals surface area contributed by atoms with E-state index in [0.29, 0.717) is 25.2 Å². The summed E-state index contributed by atoms with van der Waals surface area (Å²) in [6.07, 6.45) is 0. The summed E-state index contributed by atoms with van der Waals surface area (Å²) in [5, 5.41) is 6.03. The number of nitrogens with one attached hydrogen (secondary N) is 2. The van der Waals surface area contributed by atoms with Gasteiger partial charge < -0.3 is 10.6 Å². The van der Waals surface area contributed by atoms with Crippen molar-refractivity contribution in [1.82, 2.24) is 10.6 Å². The molecular formula is C14H21FN2O. The van der Waals surface area contributed by atoms with Crippen LogP contribution in [-0.2, 0) is 11.3 Å². The molecule has 0 aromatic heterocycles. The lowest BCUT2D eigenvalue weighted by molar-refractivity contribution is -0.123. The maximum atomic E-state index is 13.0. The second-order valence-corrected chi connectivity index (χ2v) is 4.71. The third-order valence-corrected chi connectivity index (χ3v) is 2.68. The van der Waals surface area contributed by atoms with E-state index in [1.807, 2.05) is 19.9 Å². The first-order valence-electron chi connectivity index (χ1n) is 6.24. The minimum Gasteiger partial charge on any atom is -0.355 e. The predicted octanol–water partition coefficient (Wildman–Crippen LogP) is 2.00. The van der Waals surface area contributed by atoms with Crippen LogP contribution in [0.1, 0.15) is 25.0 Å². The first kappa shape index (κ1) is 14.6. The summed E-state index contributed by atoms with van der Waals surface area (Å²) < 4.78 is 13.0. The lowest BCUT2D eigenvalue weighted by atomic mass is 10.1. The van der Waals surface area contributed by atoms with Gasteiger partial charge in [-0.05, 0) is 24.1 Å². The molecule has 0 aliphatic carbocycles. The fourth-order valence-corrected chi connectivity index (χ4v) is 1.53. The molecule has 0 bridgehead atoms. The van der Waals surface area contributed by atoms with Gasteiger partial charge in [-0.3, -0.25) is 4.79 Å². The van der Waals surface area contributed by atoms with Crippen molar-refractivity contribution in [2.24, 2.45) is 5.92 Å². The number of benzene rings is 1. The van der Waals surface area contributed by atoms with E-state index < -0.39 is 0 Å². The molecule has 0 heterocycles. The maximum absolute atomic E-state index is 13.0. The molecule has 0 aliphatic heterocycles. The maximum Gasteiger partial charge on any atom is 0.222 e. The Labute approximate surface area is 108 Å². The summed E-state index contributed by atoms with van der Waals surface area (Å²) in [6, 6.07) is 5.07. The Hall–Kier alpha value is -1.42. The highest BCUT2D eigenvalue weighted by Crippen LogP contribution is 2.08. The summed E-state index contributed by atoms with van der Waals surface area (Å²) in [6.45, 7) is 7.47. The number of hydrogen-bond donors (Lipinski definition) is 2. The lowest BCUT2D eigenvalue weighted by Gasteiger charge is -2.09. The van der Waals surface area contributed by atoms with Crippen molar-refractivity contribution >= 4 is 5.91 Å². The van der Waals surface area contributed by atoms with E-state index in [2.05, 4.69) is 10.6 Å². The van der Waals surface area contributed by atoms with Crippen LogP contribution in [0.4, 0.5) is 4.39 Å². The van der Waals surface area contributed by atoms with E-state index in [1.165, 1.54) is 6.07 Å². The predicted molar refractivity (Wildman–Crippen MR) is 70.7 cm³/mol. The molecule has 0 saturated heterocycles. The molecule has 1 aromatic carbocycles. The molecule has 0 unspecified atom stereocenters. The molecule has 4 heteroatoms. The summed E-state index contributed by atoms with van der Waals surface area (Å²) >= 11 is 0. The van der Waals surface area contributed by atoms with Gasteiger partial charge in [0.1, 0.15) is 5.82 Å². The molecule has 2 N–H and O–H groups in total. The minimum absolute atomic E-state index is 0.0183. The van der Waals surface area contributed by atoms with Crippen LogP contribution >= 0.6 is 0 Å². The van der Waals surface area contributed by atoms with Gasteiger partial charge in [-0.1, -0.05) is 26.0 Å². The summed E-state index contributed by atoms with van der Waals surface area (Å²) in [5.74, 6) is -0.0953. The highest BCUT2D eigenvalue weighted by atomic mass is 19.1. The molecule has 1 amide bonds. The van der Waals surface area contributed by atoms with Crippen LogP contribution in [0, 0.1) is 18.7 Å². The molecule has 1 aromatic rings. The van der Waals surface area contributed by atoms with Gasteiger partial charge in [0.2, 0.25) is 5.91 Å². The summed E-state index contributed by atoms with van der Waals surface area (Å²) in [4.78, 5) is 11.3. The van der Waals surface area contributed by atoms with Gasteiger partial charge in [0.05, 0.1) is 0 Å². The molecule has 0 fully saturated rings. The number of rotatable bonds is 6. The fraction of sp³-hybridized carbons (Fsp3) is 0.500. The van der Waals surface area contributed by atoms with E-state index in [-0.39, 0.29) is 17.6 Å². The van der Waals surface area contributed by atoms with Crippen molar-refractivity contribution in [3.05, 3.63) is 35.1 Å². The number of halogens is 1. The Morgan fingerprint density at radius 1 is 1.33 bits per heavy atom. The average molecular weight is 252 g/mol. The van der Waals surface area contributed by atoms with E-state index in [4.69, 9.17) is 0 Å². The number of carbonyl (C=O) groups excluding carboxylic acids is 1. The van der Waals surface area contributed by atoms with Crippen molar-refractivity contribution in [3.63, 3.8) is 0 Å². The molecule has 0 saturated carbocycles. The van der Waals surface area contributed by atoms with Gasteiger partial charge in [0, 0.05) is 25.6 Å². The molecule has 100 valence electrons. The van der Waals surface area contributed by atoms with Crippen LogP contribution < -0.4 is 10.6 Å². The Bertz CT molecular complexity index is 405. The molecule has 1 rings (SSSR count). The van der Waals surface area contributed by atoms with Crippen molar-refractivity contribution in [2.75, 3.05) is 13.1 Å². The highest BCUT2D eigenvalue weighted by Gasteiger charge is 2.04. The smallest absolute Gasteiger partial charge is 0.222 e. The molecule has 0 atom stereocenters. The van der Waals surface area contributed by atoms with Gasteiger partial charge in [-0.15, -0.1) is 0 Å². The van der Waals surface area contributed by atoms with Crippen LogP contribution in [0.2, 0.25) is 0 Å². The SMILES string of the molecule is Cc1cc(CNCCNC(=O)C(C)C)ccc1F. The largest absolute Gasteiger partial charge is 0.355 e. The highest BCUT2D eigenvalue weighted by molar-refractivity contribution is 5.77. The first-order valence-corrected chi connectivity index (χ1v) is 6.24. The molecule has 0 spiro atoms. The van der Waals surface area contributed by atoms with E-state index in [0.717, 1.165) is 5.56 Å². The summed E-state index contributed by atoms with van der Waals surface area (Å²) in [5.41, 5.74) is 1.70. The second kappa shape index (κ2) is 7.11. The van der Waals surface area contributed by atoms with Crippen LogP contribution in [0.5, 0.6) is 0 Å². The number of hydrogen-bond acceptors (Lipinski definition) is 2. The Kier molecular flexibility index (Phi) is 5.78. The van der Waals surface area contributed by atoms with Crippen molar-refractivity contribution in [3.8, 4) is 0 Å². The number of aryl methyl sites for hydroxylation is 1. The van der Waals surface area contributed by atoms with Gasteiger partial charge in [0.15, 0.2) is 0 Å². The van der Waals surface area contributed by atoms with Gasteiger partial charge in [0.25, 0.3) is 0 Å². The van der Waals surface area contributed by atoms with E-state index in [9.17, 15) is 9.18 Å². The van der Waals surface area contributed by atoms with Gasteiger partial charge in [-0.25, -0.2) is 4.39 Å². The Morgan fingerprint density at radius 3 is 2.67 bits per heavy atom. The second-order valence-electron chi connectivity index (χ2n) is 4.71. The number of carbonyl (C=O) groups is 1. The van der Waals surface area contributed by atoms with E-state index >= 15 is 0 Å². The monoisotopic (exact) mass is 252 g/mol. The molecular weight excluding hydrogens is 231 g/mol. The molecule has 3 nitrogen and oxygen atoms in total. The van der Waals surface area contributed by atoms with Crippen molar-refractivity contribution in [1.29, 1.82) is 0 Å². The molecule has 0 radical (unpaired) electrons. The quantitative estimate of drug-likeness (QED) is 0.760. The normalized spacial score (nSPS) is 10.7. The number of amides is 1. The summed E-state index contributed by atoms with van der Waals surface area (Å²) in [7, 11) is 0. The topological polar surface area (TPSA) is 41.1 Å². The zero-order valence-electron chi connectivity index (χ0n) is 11.2. The fourth-order valence-electron chi connectivity index (χ4n) is 1.53. The first-order chi connectivity index (χ1) is 8.50. The van der Waals surface area contributed by atoms with Crippen LogP contribution in [0.25, 0.3) is 0 Å². The van der Waals surface area contributed by atoms with E-state index in [1.54, 1.807) is 13.0 Å². The zero-order chi connectivity index (χ0) is 13.5. The van der Waals surface area contributed by atoms with Crippen LogP contribution in [0.15, 0.2) is 18.2 Å². The standard InChI is InChI=1S/C14H21FN2O/c1-10(2)14(18)17-7-6-16-9-12-4-5-13(15)11(3)8-12/h4-5,8,10,16H,6-7,9H2,1-3H3,(H,17,18). The third-order valence-electron chi connectivity index (χ3n) is 2.68. The Morgan fingerprint density at radius 2 is 2.06 bits per heavy atom. The third kappa shape index (κ3) is 4.84. The van der Waals surface area contributed by atoms with Crippen molar-refractivity contribution < 1.29 is 9.18 Å². The van der Waals surface area contributed by atoms with Crippen LogP contribution in [-0.4, -0.2) is 19.0 Å². The zero-order valence-corrected chi connectivity index (χ0v) is 11.2. The lowest BCUT2D eigenvalue weighted by Crippen LogP contribution is -2.34. The van der Waals surface area contributed by atoms with Crippen LogP contribution in [0.3, 0.4) is 0 Å². The van der Waals surface area contributed by atoms with Gasteiger partial charge in [-0.2, -0.15) is 0 Å². The average Bonchev–Trinajstić information content (AvgIpc) is 2.32. The molecule has 18 heavy (non-hydrogen) atoms.